The third kappa shape index (κ3) is 3.12. The number of halogens is 2. The molecule has 2 nitrogen and oxygen atoms in total. The van der Waals surface area contributed by atoms with Crippen LogP contribution in [0.4, 0.5) is 10.1 Å². The molecule has 0 fully saturated rings. The number of benzene rings is 2. The first-order valence-corrected chi connectivity index (χ1v) is 7.17. The molecule has 106 valence electrons. The molecule has 0 amide bonds. The van der Waals surface area contributed by atoms with Crippen LogP contribution in [0, 0.1) is 12.7 Å². The predicted octanol–water partition coefficient (Wildman–Crippen LogP) is 5.08. The maximum absolute atomic E-state index is 14.0. The van der Waals surface area contributed by atoms with E-state index >= 15 is 0 Å². The van der Waals surface area contributed by atoms with Gasteiger partial charge in [-0.25, -0.2) is 4.39 Å². The maximum atomic E-state index is 14.0. The number of ether oxygens (including phenoxy) is 1. The minimum atomic E-state index is -0.270. The molecule has 0 aromatic heterocycles. The summed E-state index contributed by atoms with van der Waals surface area (Å²) in [7, 11) is 1.55. The molecular weight excluding hydrogens is 321 g/mol. The summed E-state index contributed by atoms with van der Waals surface area (Å²) in [6, 6.07) is 10.7. The van der Waals surface area contributed by atoms with E-state index in [1.807, 2.05) is 32.0 Å². The molecule has 0 saturated heterocycles. The number of nitrogens with one attached hydrogen (secondary N) is 1. The molecule has 1 unspecified atom stereocenters. The molecule has 0 heterocycles. The number of hydrogen-bond donors (Lipinski definition) is 1. The topological polar surface area (TPSA) is 21.3 Å². The smallest absolute Gasteiger partial charge is 0.132 e. The Morgan fingerprint density at radius 2 is 2.00 bits per heavy atom. The van der Waals surface area contributed by atoms with Crippen LogP contribution in [-0.2, 0) is 0 Å². The zero-order chi connectivity index (χ0) is 14.7. The molecule has 0 aliphatic rings. The van der Waals surface area contributed by atoms with Gasteiger partial charge in [0.05, 0.1) is 18.7 Å². The summed E-state index contributed by atoms with van der Waals surface area (Å²) in [5.74, 6) is 0.280. The van der Waals surface area contributed by atoms with Crippen LogP contribution in [0.25, 0.3) is 0 Å². The van der Waals surface area contributed by atoms with Gasteiger partial charge in [0.25, 0.3) is 0 Å². The average Bonchev–Trinajstić information content (AvgIpc) is 2.42. The van der Waals surface area contributed by atoms with Crippen molar-refractivity contribution >= 4 is 21.6 Å². The highest BCUT2D eigenvalue weighted by Crippen LogP contribution is 2.32. The van der Waals surface area contributed by atoms with E-state index < -0.39 is 0 Å². The van der Waals surface area contributed by atoms with Crippen molar-refractivity contribution < 1.29 is 9.13 Å². The molecule has 1 atom stereocenters. The van der Waals surface area contributed by atoms with Gasteiger partial charge < -0.3 is 10.1 Å². The van der Waals surface area contributed by atoms with E-state index in [2.05, 4.69) is 21.2 Å². The van der Waals surface area contributed by atoms with Crippen LogP contribution in [0.1, 0.15) is 24.1 Å². The Balaban J connectivity index is 2.33. The van der Waals surface area contributed by atoms with Crippen molar-refractivity contribution in [2.24, 2.45) is 0 Å². The Hall–Kier alpha value is -1.55. The molecule has 0 saturated carbocycles. The van der Waals surface area contributed by atoms with E-state index in [1.54, 1.807) is 19.2 Å². The van der Waals surface area contributed by atoms with Crippen LogP contribution in [0.3, 0.4) is 0 Å². The van der Waals surface area contributed by atoms with Gasteiger partial charge in [0.1, 0.15) is 11.6 Å². The van der Waals surface area contributed by atoms with E-state index in [9.17, 15) is 4.39 Å². The standard InChI is InChI=1S/C16H17BrFNO/c1-10-7-8-12(17)14(9-10)19-11(2)16-13(18)5-4-6-15(16)20-3/h4-9,11,19H,1-3H3. The quantitative estimate of drug-likeness (QED) is 0.840. The predicted molar refractivity (Wildman–Crippen MR) is 83.9 cm³/mol. The zero-order valence-corrected chi connectivity index (χ0v) is 13.3. The average molecular weight is 338 g/mol. The highest BCUT2D eigenvalue weighted by Gasteiger charge is 2.17. The summed E-state index contributed by atoms with van der Waals surface area (Å²) in [5.41, 5.74) is 2.61. The lowest BCUT2D eigenvalue weighted by Gasteiger charge is -2.20. The van der Waals surface area contributed by atoms with E-state index in [4.69, 9.17) is 4.74 Å². The van der Waals surface area contributed by atoms with Gasteiger partial charge in [-0.05, 0) is 59.6 Å². The van der Waals surface area contributed by atoms with Crippen LogP contribution >= 0.6 is 15.9 Å². The third-order valence-corrected chi connectivity index (χ3v) is 3.85. The fourth-order valence-corrected chi connectivity index (χ4v) is 2.53. The summed E-state index contributed by atoms with van der Waals surface area (Å²) < 4.78 is 20.2. The minimum Gasteiger partial charge on any atom is -0.496 e. The van der Waals surface area contributed by atoms with Crippen LogP contribution in [0.5, 0.6) is 5.75 Å². The van der Waals surface area contributed by atoms with Gasteiger partial charge in [-0.3, -0.25) is 0 Å². The molecule has 0 spiro atoms. The first-order chi connectivity index (χ1) is 9.52. The van der Waals surface area contributed by atoms with Crippen molar-refractivity contribution in [3.05, 3.63) is 57.8 Å². The van der Waals surface area contributed by atoms with Gasteiger partial charge in [-0.15, -0.1) is 0 Å². The monoisotopic (exact) mass is 337 g/mol. The number of rotatable bonds is 4. The second kappa shape index (κ2) is 6.27. The summed E-state index contributed by atoms with van der Waals surface area (Å²) in [4.78, 5) is 0. The molecule has 4 heteroatoms. The van der Waals surface area contributed by atoms with Gasteiger partial charge in [0.15, 0.2) is 0 Å². The normalized spacial score (nSPS) is 12.1. The zero-order valence-electron chi connectivity index (χ0n) is 11.7. The summed E-state index contributed by atoms with van der Waals surface area (Å²) in [6.45, 7) is 3.93. The highest BCUT2D eigenvalue weighted by molar-refractivity contribution is 9.10. The fourth-order valence-electron chi connectivity index (χ4n) is 2.17. The Labute approximate surface area is 127 Å². The number of hydrogen-bond acceptors (Lipinski definition) is 2. The van der Waals surface area contributed by atoms with Crippen molar-refractivity contribution in [2.75, 3.05) is 12.4 Å². The van der Waals surface area contributed by atoms with Gasteiger partial charge in [-0.2, -0.15) is 0 Å². The lowest BCUT2D eigenvalue weighted by atomic mass is 10.1. The van der Waals surface area contributed by atoms with Gasteiger partial charge in [0.2, 0.25) is 0 Å². The fraction of sp³-hybridized carbons (Fsp3) is 0.250. The molecule has 2 rings (SSSR count). The molecule has 0 radical (unpaired) electrons. The largest absolute Gasteiger partial charge is 0.496 e. The summed E-state index contributed by atoms with van der Waals surface area (Å²) in [5, 5.41) is 3.32. The van der Waals surface area contributed by atoms with E-state index in [-0.39, 0.29) is 11.9 Å². The molecule has 1 N–H and O–H groups in total. The van der Waals surface area contributed by atoms with Gasteiger partial charge >= 0.3 is 0 Å². The molecule has 2 aromatic carbocycles. The lowest BCUT2D eigenvalue weighted by molar-refractivity contribution is 0.402. The Kier molecular flexibility index (Phi) is 4.65. The Morgan fingerprint density at radius 1 is 1.25 bits per heavy atom. The number of aryl methyl sites for hydroxylation is 1. The van der Waals surface area contributed by atoms with Crippen LogP contribution in [0.15, 0.2) is 40.9 Å². The van der Waals surface area contributed by atoms with Crippen LogP contribution in [-0.4, -0.2) is 7.11 Å². The summed E-state index contributed by atoms with van der Waals surface area (Å²) in [6.07, 6.45) is 0. The van der Waals surface area contributed by atoms with Crippen molar-refractivity contribution in [3.63, 3.8) is 0 Å². The highest BCUT2D eigenvalue weighted by atomic mass is 79.9. The molecule has 20 heavy (non-hydrogen) atoms. The maximum Gasteiger partial charge on any atom is 0.132 e. The second-order valence-electron chi connectivity index (χ2n) is 4.71. The minimum absolute atomic E-state index is 0.204. The van der Waals surface area contributed by atoms with Crippen molar-refractivity contribution in [1.29, 1.82) is 0 Å². The number of anilines is 1. The van der Waals surface area contributed by atoms with Gasteiger partial charge in [-0.1, -0.05) is 12.1 Å². The molecule has 0 aliphatic carbocycles. The molecule has 0 bridgehead atoms. The van der Waals surface area contributed by atoms with Crippen LogP contribution < -0.4 is 10.1 Å². The Bertz CT molecular complexity index is 615. The first-order valence-electron chi connectivity index (χ1n) is 6.38. The SMILES string of the molecule is COc1cccc(F)c1C(C)Nc1cc(C)ccc1Br. The van der Waals surface area contributed by atoms with E-state index in [0.717, 1.165) is 15.7 Å². The third-order valence-electron chi connectivity index (χ3n) is 3.16. The van der Waals surface area contributed by atoms with Crippen molar-refractivity contribution in [2.45, 2.75) is 19.9 Å². The molecule has 2 aromatic rings. The number of methoxy groups -OCH3 is 1. The molecular formula is C16H17BrFNO. The molecule has 0 aliphatic heterocycles. The Morgan fingerprint density at radius 3 is 2.70 bits per heavy atom. The van der Waals surface area contributed by atoms with Crippen molar-refractivity contribution in [1.82, 2.24) is 0 Å². The van der Waals surface area contributed by atoms with Crippen molar-refractivity contribution in [3.8, 4) is 5.75 Å². The second-order valence-corrected chi connectivity index (χ2v) is 5.56. The summed E-state index contributed by atoms with van der Waals surface area (Å²) >= 11 is 3.50. The van der Waals surface area contributed by atoms with E-state index in [0.29, 0.717) is 11.3 Å². The van der Waals surface area contributed by atoms with Gasteiger partial charge in [0, 0.05) is 10.2 Å². The lowest BCUT2D eigenvalue weighted by Crippen LogP contribution is -2.10. The van der Waals surface area contributed by atoms with E-state index in [1.165, 1.54) is 6.07 Å². The first kappa shape index (κ1) is 14.9. The van der Waals surface area contributed by atoms with Crippen LogP contribution in [0.2, 0.25) is 0 Å².